The van der Waals surface area contributed by atoms with Crippen LogP contribution in [-0.4, -0.2) is 6.61 Å². The zero-order valence-corrected chi connectivity index (χ0v) is 13.5. The Morgan fingerprint density at radius 1 is 1.09 bits per heavy atom. The molecule has 0 bridgehead atoms. The molecule has 0 aliphatic carbocycles. The van der Waals surface area contributed by atoms with Crippen LogP contribution in [0.25, 0.3) is 0 Å². The lowest BCUT2D eigenvalue weighted by molar-refractivity contribution is 0.303. The first-order valence-corrected chi connectivity index (χ1v) is 7.74. The summed E-state index contributed by atoms with van der Waals surface area (Å²) < 4.78 is 5.83. The largest absolute Gasteiger partial charge is 0.493 e. The van der Waals surface area contributed by atoms with Crippen molar-refractivity contribution in [2.24, 2.45) is 0 Å². The van der Waals surface area contributed by atoms with Crippen molar-refractivity contribution in [3.63, 3.8) is 0 Å². The molecule has 0 radical (unpaired) electrons. The van der Waals surface area contributed by atoms with E-state index >= 15 is 0 Å². The molecule has 0 fully saturated rings. The van der Waals surface area contributed by atoms with Gasteiger partial charge in [0.25, 0.3) is 0 Å². The Morgan fingerprint density at radius 2 is 1.87 bits per heavy atom. The molecule has 0 heterocycles. The molecule has 1 atom stereocenters. The lowest BCUT2D eigenvalue weighted by Crippen LogP contribution is -2.03. The van der Waals surface area contributed by atoms with E-state index in [1.165, 1.54) is 5.56 Å². The van der Waals surface area contributed by atoms with Gasteiger partial charge >= 0.3 is 0 Å². The summed E-state index contributed by atoms with van der Waals surface area (Å²) in [6, 6.07) is 17.7. The highest BCUT2D eigenvalue weighted by molar-refractivity contribution is 5.38. The van der Waals surface area contributed by atoms with E-state index in [0.717, 1.165) is 29.7 Å². The van der Waals surface area contributed by atoms with Crippen LogP contribution in [0.4, 0.5) is 0 Å². The molecule has 3 heteroatoms. The van der Waals surface area contributed by atoms with Crippen LogP contribution in [0.3, 0.4) is 0 Å². The van der Waals surface area contributed by atoms with E-state index in [1.807, 2.05) is 24.3 Å². The monoisotopic (exact) mass is 304 g/mol. The highest BCUT2D eigenvalue weighted by atomic mass is 16.5. The summed E-state index contributed by atoms with van der Waals surface area (Å²) >= 11 is 0. The highest BCUT2D eigenvalue weighted by Gasteiger charge is 2.11. The topological polar surface area (TPSA) is 56.8 Å². The number of hydrogen-bond acceptors (Lipinski definition) is 3. The van der Waals surface area contributed by atoms with E-state index in [1.54, 1.807) is 12.1 Å². The summed E-state index contributed by atoms with van der Waals surface area (Å²) in [5, 5.41) is 18.3. The maximum Gasteiger partial charge on any atom is 0.122 e. The molecular formula is C20H20N2O. The number of aryl methyl sites for hydroxylation is 1. The van der Waals surface area contributed by atoms with Gasteiger partial charge in [0.15, 0.2) is 0 Å². The number of ether oxygens (including phenoxy) is 1. The normalized spacial score (nSPS) is 11.3. The zero-order valence-electron chi connectivity index (χ0n) is 13.5. The quantitative estimate of drug-likeness (QED) is 0.730. The second kappa shape index (κ2) is 8.01. The molecule has 116 valence electrons. The molecule has 0 aliphatic heterocycles. The molecule has 0 aromatic heterocycles. The van der Waals surface area contributed by atoms with E-state index in [-0.39, 0.29) is 5.92 Å². The summed E-state index contributed by atoms with van der Waals surface area (Å²) in [7, 11) is 0. The van der Waals surface area contributed by atoms with Gasteiger partial charge in [-0.2, -0.15) is 10.5 Å². The van der Waals surface area contributed by atoms with Crippen LogP contribution >= 0.6 is 0 Å². The van der Waals surface area contributed by atoms with Gasteiger partial charge in [-0.1, -0.05) is 24.3 Å². The Morgan fingerprint density at radius 3 is 2.61 bits per heavy atom. The van der Waals surface area contributed by atoms with E-state index in [4.69, 9.17) is 10.00 Å². The SMILES string of the molecule is Cc1cccc(OCCCC(C#N)c2cccc(C#N)c2)c1C. The van der Waals surface area contributed by atoms with Crippen LogP contribution in [0, 0.1) is 36.5 Å². The molecule has 1 unspecified atom stereocenters. The van der Waals surface area contributed by atoms with Crippen molar-refractivity contribution in [1.82, 2.24) is 0 Å². The Kier molecular flexibility index (Phi) is 5.78. The van der Waals surface area contributed by atoms with Crippen LogP contribution in [0.15, 0.2) is 42.5 Å². The molecule has 0 saturated heterocycles. The standard InChI is InChI=1S/C20H20N2O/c1-15-6-3-10-20(16(15)2)23-11-5-9-19(14-22)18-8-4-7-17(12-18)13-21/h3-4,6-8,10,12,19H,5,9,11H2,1-2H3. The lowest BCUT2D eigenvalue weighted by Gasteiger charge is -2.12. The molecule has 0 saturated carbocycles. The first kappa shape index (κ1) is 16.6. The van der Waals surface area contributed by atoms with Gasteiger partial charge in [-0.15, -0.1) is 0 Å². The number of nitriles is 2. The second-order valence-electron chi connectivity index (χ2n) is 5.61. The molecule has 2 rings (SSSR count). The molecule has 2 aromatic rings. The molecule has 0 spiro atoms. The highest BCUT2D eigenvalue weighted by Crippen LogP contribution is 2.23. The van der Waals surface area contributed by atoms with Crippen LogP contribution in [0.1, 0.15) is 41.0 Å². The Labute approximate surface area is 137 Å². The summed E-state index contributed by atoms with van der Waals surface area (Å²) in [5.74, 6) is 0.704. The summed E-state index contributed by atoms with van der Waals surface area (Å²) in [6.07, 6.45) is 1.51. The van der Waals surface area contributed by atoms with Crippen LogP contribution in [0.5, 0.6) is 5.75 Å². The van der Waals surface area contributed by atoms with Crippen molar-refractivity contribution in [2.75, 3.05) is 6.61 Å². The van der Waals surface area contributed by atoms with Crippen molar-refractivity contribution in [1.29, 1.82) is 10.5 Å². The minimum atomic E-state index is -0.203. The van der Waals surface area contributed by atoms with Crippen molar-refractivity contribution in [3.8, 4) is 17.9 Å². The molecule has 3 nitrogen and oxygen atoms in total. The Bertz CT molecular complexity index is 753. The van der Waals surface area contributed by atoms with Crippen LogP contribution < -0.4 is 4.74 Å². The number of nitrogens with zero attached hydrogens (tertiary/aromatic N) is 2. The third-order valence-corrected chi connectivity index (χ3v) is 4.02. The Hall–Kier alpha value is -2.78. The van der Waals surface area contributed by atoms with Crippen molar-refractivity contribution in [3.05, 3.63) is 64.7 Å². The molecule has 0 N–H and O–H groups in total. The smallest absolute Gasteiger partial charge is 0.122 e. The third kappa shape index (κ3) is 4.34. The van der Waals surface area contributed by atoms with Crippen molar-refractivity contribution in [2.45, 2.75) is 32.6 Å². The van der Waals surface area contributed by atoms with E-state index < -0.39 is 0 Å². The molecule has 23 heavy (non-hydrogen) atoms. The van der Waals surface area contributed by atoms with Gasteiger partial charge in [0.2, 0.25) is 0 Å². The van der Waals surface area contributed by atoms with E-state index in [0.29, 0.717) is 12.2 Å². The van der Waals surface area contributed by atoms with E-state index in [2.05, 4.69) is 32.1 Å². The van der Waals surface area contributed by atoms with Gasteiger partial charge < -0.3 is 4.74 Å². The molecule has 2 aromatic carbocycles. The van der Waals surface area contributed by atoms with Gasteiger partial charge in [-0.3, -0.25) is 0 Å². The fraction of sp³-hybridized carbons (Fsp3) is 0.300. The third-order valence-electron chi connectivity index (χ3n) is 4.02. The lowest BCUT2D eigenvalue weighted by atomic mass is 9.94. The van der Waals surface area contributed by atoms with E-state index in [9.17, 15) is 5.26 Å². The first-order chi connectivity index (χ1) is 11.2. The van der Waals surface area contributed by atoms with Crippen LogP contribution in [-0.2, 0) is 0 Å². The maximum absolute atomic E-state index is 9.37. The zero-order chi connectivity index (χ0) is 16.7. The molecular weight excluding hydrogens is 284 g/mol. The summed E-state index contributed by atoms with van der Waals surface area (Å²) in [5.41, 5.74) is 3.87. The van der Waals surface area contributed by atoms with Gasteiger partial charge in [0, 0.05) is 0 Å². The number of hydrogen-bond donors (Lipinski definition) is 0. The maximum atomic E-state index is 9.37. The minimum Gasteiger partial charge on any atom is -0.493 e. The average molecular weight is 304 g/mol. The van der Waals surface area contributed by atoms with Crippen LogP contribution in [0.2, 0.25) is 0 Å². The summed E-state index contributed by atoms with van der Waals surface area (Å²) in [4.78, 5) is 0. The predicted octanol–water partition coefficient (Wildman–Crippen LogP) is 4.64. The average Bonchev–Trinajstić information content (AvgIpc) is 2.58. The summed E-state index contributed by atoms with van der Waals surface area (Å²) in [6.45, 7) is 4.70. The fourth-order valence-electron chi connectivity index (χ4n) is 2.48. The predicted molar refractivity (Wildman–Crippen MR) is 90.2 cm³/mol. The minimum absolute atomic E-state index is 0.203. The second-order valence-corrected chi connectivity index (χ2v) is 5.61. The van der Waals surface area contributed by atoms with Gasteiger partial charge in [-0.05, 0) is 61.6 Å². The number of benzene rings is 2. The van der Waals surface area contributed by atoms with Crippen molar-refractivity contribution >= 4 is 0 Å². The van der Waals surface area contributed by atoms with Crippen molar-refractivity contribution < 1.29 is 4.74 Å². The Balaban J connectivity index is 1.90. The molecule has 0 amide bonds. The van der Waals surface area contributed by atoms with Gasteiger partial charge in [0.1, 0.15) is 5.75 Å². The van der Waals surface area contributed by atoms with Gasteiger partial charge in [0.05, 0.1) is 30.2 Å². The number of rotatable bonds is 6. The molecule has 0 aliphatic rings. The fourth-order valence-corrected chi connectivity index (χ4v) is 2.48. The van der Waals surface area contributed by atoms with Gasteiger partial charge in [-0.25, -0.2) is 0 Å². The first-order valence-electron chi connectivity index (χ1n) is 7.74.